The van der Waals surface area contributed by atoms with Crippen LogP contribution in [0.15, 0.2) is 54.1 Å². The van der Waals surface area contributed by atoms with Gasteiger partial charge in [0.1, 0.15) is 17.4 Å². The molecule has 3 rings (SSSR count). The lowest BCUT2D eigenvalue weighted by atomic mass is 10.1. The lowest BCUT2D eigenvalue weighted by Gasteiger charge is -2.07. The molecule has 136 valence electrons. The highest BCUT2D eigenvalue weighted by Gasteiger charge is 2.14. The van der Waals surface area contributed by atoms with Crippen LogP contribution < -0.4 is 10.1 Å². The van der Waals surface area contributed by atoms with Gasteiger partial charge in [0.25, 0.3) is 5.91 Å². The van der Waals surface area contributed by atoms with Crippen molar-refractivity contribution in [1.82, 2.24) is 4.57 Å². The molecule has 0 aliphatic carbocycles. The maximum absolute atomic E-state index is 12.6. The second-order valence-electron chi connectivity index (χ2n) is 6.16. The van der Waals surface area contributed by atoms with Crippen LogP contribution in [-0.4, -0.2) is 17.1 Å². The Morgan fingerprint density at radius 2 is 1.93 bits per heavy atom. The molecule has 0 radical (unpaired) electrons. The van der Waals surface area contributed by atoms with Gasteiger partial charge in [-0.1, -0.05) is 18.2 Å². The predicted molar refractivity (Wildman–Crippen MR) is 107 cm³/mol. The third kappa shape index (κ3) is 3.70. The van der Waals surface area contributed by atoms with Crippen molar-refractivity contribution in [3.05, 3.63) is 65.4 Å². The van der Waals surface area contributed by atoms with E-state index in [2.05, 4.69) is 9.88 Å². The number of para-hydroxylation sites is 1. The molecule has 5 heteroatoms. The largest absolute Gasteiger partial charge is 0.494 e. The van der Waals surface area contributed by atoms with Crippen LogP contribution in [-0.2, 0) is 11.8 Å². The molecule has 0 saturated carbocycles. The first-order valence-corrected chi connectivity index (χ1v) is 8.75. The summed E-state index contributed by atoms with van der Waals surface area (Å²) < 4.78 is 7.45. The Morgan fingerprint density at radius 1 is 1.22 bits per heavy atom. The third-order valence-corrected chi connectivity index (χ3v) is 4.53. The normalized spacial score (nSPS) is 11.3. The fourth-order valence-electron chi connectivity index (χ4n) is 3.02. The number of rotatable bonds is 5. The van der Waals surface area contributed by atoms with E-state index in [4.69, 9.17) is 4.74 Å². The first kappa shape index (κ1) is 18.3. The fourth-order valence-corrected chi connectivity index (χ4v) is 3.02. The average molecular weight is 359 g/mol. The van der Waals surface area contributed by atoms with Gasteiger partial charge in [0.15, 0.2) is 0 Å². The number of hydrogen-bond acceptors (Lipinski definition) is 3. The van der Waals surface area contributed by atoms with Gasteiger partial charge in [-0.2, -0.15) is 5.26 Å². The molecule has 0 aliphatic rings. The molecule has 1 N–H and O–H groups in total. The van der Waals surface area contributed by atoms with Gasteiger partial charge < -0.3 is 14.6 Å². The lowest BCUT2D eigenvalue weighted by molar-refractivity contribution is -0.112. The summed E-state index contributed by atoms with van der Waals surface area (Å²) in [7, 11) is 1.97. The molecule has 3 aromatic rings. The summed E-state index contributed by atoms with van der Waals surface area (Å²) in [6, 6.07) is 17.0. The number of nitriles is 1. The van der Waals surface area contributed by atoms with Crippen molar-refractivity contribution in [1.29, 1.82) is 5.26 Å². The van der Waals surface area contributed by atoms with Crippen molar-refractivity contribution in [2.75, 3.05) is 11.9 Å². The summed E-state index contributed by atoms with van der Waals surface area (Å²) in [6.45, 7) is 4.47. The third-order valence-electron chi connectivity index (χ3n) is 4.53. The van der Waals surface area contributed by atoms with Gasteiger partial charge in [0, 0.05) is 34.9 Å². The SMILES string of the molecule is CCOc1ccc(NC(=O)/C(C#N)=C\c2c(C)n(C)c3ccccc23)cc1. The van der Waals surface area contributed by atoms with Gasteiger partial charge in [-0.05, 0) is 50.3 Å². The summed E-state index contributed by atoms with van der Waals surface area (Å²) in [5.41, 5.74) is 3.61. The van der Waals surface area contributed by atoms with Crippen molar-refractivity contribution < 1.29 is 9.53 Å². The lowest BCUT2D eigenvalue weighted by Crippen LogP contribution is -2.13. The van der Waals surface area contributed by atoms with Crippen molar-refractivity contribution in [3.63, 3.8) is 0 Å². The number of aryl methyl sites for hydroxylation is 1. The van der Waals surface area contributed by atoms with E-state index in [0.717, 1.165) is 27.9 Å². The Hall–Kier alpha value is -3.52. The molecule has 0 unspecified atom stereocenters. The Kier molecular flexibility index (Phi) is 5.28. The monoisotopic (exact) mass is 359 g/mol. The minimum Gasteiger partial charge on any atom is -0.494 e. The van der Waals surface area contributed by atoms with Crippen LogP contribution in [0, 0.1) is 18.3 Å². The van der Waals surface area contributed by atoms with E-state index in [9.17, 15) is 10.1 Å². The molecule has 1 amide bonds. The molecule has 0 aliphatic heterocycles. The highest BCUT2D eigenvalue weighted by atomic mass is 16.5. The smallest absolute Gasteiger partial charge is 0.266 e. The molecule has 1 aromatic heterocycles. The Balaban J connectivity index is 1.90. The minimum absolute atomic E-state index is 0.0586. The van der Waals surface area contributed by atoms with Crippen molar-refractivity contribution in [2.24, 2.45) is 7.05 Å². The van der Waals surface area contributed by atoms with E-state index < -0.39 is 5.91 Å². The van der Waals surface area contributed by atoms with Gasteiger partial charge >= 0.3 is 0 Å². The van der Waals surface area contributed by atoms with E-state index in [-0.39, 0.29) is 5.57 Å². The summed E-state index contributed by atoms with van der Waals surface area (Å²) >= 11 is 0. The molecule has 0 bridgehead atoms. The summed E-state index contributed by atoms with van der Waals surface area (Å²) in [6.07, 6.45) is 1.65. The number of carbonyl (C=O) groups excluding carboxylic acids is 1. The van der Waals surface area contributed by atoms with E-state index in [1.165, 1.54) is 0 Å². The molecule has 0 saturated heterocycles. The highest BCUT2D eigenvalue weighted by Crippen LogP contribution is 2.27. The Labute approximate surface area is 158 Å². The number of amides is 1. The molecule has 27 heavy (non-hydrogen) atoms. The molecule has 1 heterocycles. The van der Waals surface area contributed by atoms with Crippen molar-refractivity contribution >= 4 is 28.6 Å². The topological polar surface area (TPSA) is 67.0 Å². The second-order valence-corrected chi connectivity index (χ2v) is 6.16. The number of aromatic nitrogens is 1. The molecular weight excluding hydrogens is 338 g/mol. The number of ether oxygens (including phenoxy) is 1. The molecule has 0 fully saturated rings. The average Bonchev–Trinajstić information content (AvgIpc) is 2.92. The number of hydrogen-bond donors (Lipinski definition) is 1. The minimum atomic E-state index is -0.436. The summed E-state index contributed by atoms with van der Waals surface area (Å²) in [4.78, 5) is 12.6. The molecule has 0 spiro atoms. The quantitative estimate of drug-likeness (QED) is 0.541. The van der Waals surface area contributed by atoms with Crippen LogP contribution in [0.4, 0.5) is 5.69 Å². The second kappa shape index (κ2) is 7.79. The first-order valence-electron chi connectivity index (χ1n) is 8.75. The van der Waals surface area contributed by atoms with Crippen LogP contribution in [0.25, 0.3) is 17.0 Å². The highest BCUT2D eigenvalue weighted by molar-refractivity contribution is 6.11. The maximum atomic E-state index is 12.6. The number of fused-ring (bicyclic) bond motifs is 1. The van der Waals surface area contributed by atoms with Gasteiger partial charge in [-0.15, -0.1) is 0 Å². The first-order chi connectivity index (χ1) is 13.0. The van der Waals surface area contributed by atoms with E-state index >= 15 is 0 Å². The molecule has 0 atom stereocenters. The van der Waals surface area contributed by atoms with Crippen molar-refractivity contribution in [3.8, 4) is 11.8 Å². The van der Waals surface area contributed by atoms with Crippen LogP contribution in [0.1, 0.15) is 18.2 Å². The number of nitrogens with zero attached hydrogens (tertiary/aromatic N) is 2. The molecule has 2 aromatic carbocycles. The number of benzene rings is 2. The van der Waals surface area contributed by atoms with Crippen LogP contribution in [0.5, 0.6) is 5.75 Å². The van der Waals surface area contributed by atoms with Gasteiger partial charge in [0.2, 0.25) is 0 Å². The number of anilines is 1. The van der Waals surface area contributed by atoms with Gasteiger partial charge in [-0.25, -0.2) is 0 Å². The van der Waals surface area contributed by atoms with Crippen LogP contribution in [0.2, 0.25) is 0 Å². The van der Waals surface area contributed by atoms with Gasteiger partial charge in [0.05, 0.1) is 6.61 Å². The Bertz CT molecular complexity index is 1050. The van der Waals surface area contributed by atoms with E-state index in [1.54, 1.807) is 30.3 Å². The summed E-state index contributed by atoms with van der Waals surface area (Å²) in [5, 5.41) is 13.3. The zero-order valence-electron chi connectivity index (χ0n) is 15.6. The number of carbonyl (C=O) groups is 1. The summed E-state index contributed by atoms with van der Waals surface area (Å²) in [5.74, 6) is 0.298. The zero-order valence-corrected chi connectivity index (χ0v) is 15.6. The van der Waals surface area contributed by atoms with Crippen LogP contribution in [0.3, 0.4) is 0 Å². The van der Waals surface area contributed by atoms with Crippen molar-refractivity contribution in [2.45, 2.75) is 13.8 Å². The zero-order chi connectivity index (χ0) is 19.4. The fraction of sp³-hybridized carbons (Fsp3) is 0.182. The van der Waals surface area contributed by atoms with Crippen LogP contribution >= 0.6 is 0 Å². The maximum Gasteiger partial charge on any atom is 0.266 e. The molecular formula is C22H21N3O2. The van der Waals surface area contributed by atoms with E-state index in [1.807, 2.05) is 51.2 Å². The standard InChI is InChI=1S/C22H21N3O2/c1-4-27-18-11-9-17(10-12-18)24-22(26)16(14-23)13-20-15(2)25(3)21-8-6-5-7-19(20)21/h5-13H,4H2,1-3H3,(H,24,26)/b16-13-. The van der Waals surface area contributed by atoms with E-state index in [0.29, 0.717) is 12.3 Å². The predicted octanol–water partition coefficient (Wildman–Crippen LogP) is 4.43. The Morgan fingerprint density at radius 3 is 2.59 bits per heavy atom. The number of nitrogens with one attached hydrogen (secondary N) is 1. The van der Waals surface area contributed by atoms with Gasteiger partial charge in [-0.3, -0.25) is 4.79 Å². The molecule has 5 nitrogen and oxygen atoms in total.